The zero-order chi connectivity index (χ0) is 18.9. The number of alkyl halides is 3. The van der Waals surface area contributed by atoms with Crippen molar-refractivity contribution in [3.05, 3.63) is 41.6 Å². The van der Waals surface area contributed by atoms with Crippen LogP contribution in [0.5, 0.6) is 0 Å². The van der Waals surface area contributed by atoms with Gasteiger partial charge in [0, 0.05) is 18.2 Å². The van der Waals surface area contributed by atoms with Crippen LogP contribution < -0.4 is 5.32 Å². The minimum Gasteiger partial charge on any atom is -0.394 e. The lowest BCUT2D eigenvalue weighted by Gasteiger charge is -2.31. The van der Waals surface area contributed by atoms with Gasteiger partial charge in [-0.05, 0) is 6.07 Å². The predicted molar refractivity (Wildman–Crippen MR) is 81.9 cm³/mol. The highest BCUT2D eigenvalue weighted by molar-refractivity contribution is 5.96. The number of rotatable bonds is 3. The molecule has 2 heterocycles. The average molecular weight is 369 g/mol. The maximum absolute atomic E-state index is 13.1. The molecule has 138 valence electrons. The number of carbonyl (C=O) groups excluding carboxylic acids is 2. The van der Waals surface area contributed by atoms with Crippen LogP contribution in [0.15, 0.2) is 34.9 Å². The Morgan fingerprint density at radius 2 is 2.12 bits per heavy atom. The molecular formula is C16H14F3N3O4. The first-order chi connectivity index (χ1) is 12.3. The summed E-state index contributed by atoms with van der Waals surface area (Å²) in [5, 5.41) is 15.2. The fourth-order valence-corrected chi connectivity index (χ4v) is 2.69. The number of amides is 2. The van der Waals surface area contributed by atoms with E-state index < -0.39 is 29.6 Å². The summed E-state index contributed by atoms with van der Waals surface area (Å²) in [7, 11) is 0. The second-order valence-electron chi connectivity index (χ2n) is 5.75. The van der Waals surface area contributed by atoms with E-state index in [1.807, 2.05) is 0 Å². The molecule has 1 saturated heterocycles. The third kappa shape index (κ3) is 3.54. The second kappa shape index (κ2) is 6.79. The second-order valence-corrected chi connectivity index (χ2v) is 5.75. The van der Waals surface area contributed by atoms with Gasteiger partial charge in [-0.15, -0.1) is 0 Å². The maximum atomic E-state index is 13.1. The Bertz CT molecular complexity index is 834. The first kappa shape index (κ1) is 17.9. The third-order valence-corrected chi connectivity index (χ3v) is 3.88. The highest BCUT2D eigenvalue weighted by Crippen LogP contribution is 2.37. The molecular weight excluding hydrogens is 355 g/mol. The molecule has 1 aromatic carbocycles. The van der Waals surface area contributed by atoms with Gasteiger partial charge in [0.2, 0.25) is 5.91 Å². The average Bonchev–Trinajstić information content (AvgIpc) is 3.09. The Morgan fingerprint density at radius 3 is 2.81 bits per heavy atom. The van der Waals surface area contributed by atoms with Crippen molar-refractivity contribution in [2.45, 2.75) is 12.2 Å². The van der Waals surface area contributed by atoms with Crippen molar-refractivity contribution in [2.24, 2.45) is 0 Å². The summed E-state index contributed by atoms with van der Waals surface area (Å²) in [6.07, 6.45) is -4.59. The van der Waals surface area contributed by atoms with Crippen molar-refractivity contribution in [3.8, 4) is 11.3 Å². The van der Waals surface area contributed by atoms with Gasteiger partial charge in [0.1, 0.15) is 0 Å². The van der Waals surface area contributed by atoms with Crippen LogP contribution in [-0.2, 0) is 11.0 Å². The SMILES string of the molecule is O=C1CN(C(=O)c2cc(-c3ccccc3C(F)(F)F)on2)C[C@@H](CO)N1. The Morgan fingerprint density at radius 1 is 1.38 bits per heavy atom. The minimum absolute atomic E-state index is 0.0579. The molecule has 1 aliphatic rings. The van der Waals surface area contributed by atoms with Crippen molar-refractivity contribution in [3.63, 3.8) is 0 Å². The van der Waals surface area contributed by atoms with E-state index in [0.717, 1.165) is 17.0 Å². The summed E-state index contributed by atoms with van der Waals surface area (Å²) in [6.45, 7) is -0.530. The predicted octanol–water partition coefficient (Wildman–Crippen LogP) is 1.29. The van der Waals surface area contributed by atoms with Crippen LogP contribution in [0.3, 0.4) is 0 Å². The first-order valence-electron chi connectivity index (χ1n) is 7.62. The number of hydrogen-bond donors (Lipinski definition) is 2. The molecule has 0 bridgehead atoms. The molecule has 0 saturated carbocycles. The number of hydrogen-bond acceptors (Lipinski definition) is 5. The smallest absolute Gasteiger partial charge is 0.394 e. The fourth-order valence-electron chi connectivity index (χ4n) is 2.69. The summed E-state index contributed by atoms with van der Waals surface area (Å²) >= 11 is 0. The third-order valence-electron chi connectivity index (χ3n) is 3.88. The first-order valence-corrected chi connectivity index (χ1v) is 7.62. The zero-order valence-electron chi connectivity index (χ0n) is 13.3. The summed E-state index contributed by atoms with van der Waals surface area (Å²) < 4.78 is 44.3. The molecule has 0 aliphatic carbocycles. The molecule has 0 spiro atoms. The Hall–Kier alpha value is -2.88. The number of nitrogens with one attached hydrogen (secondary N) is 1. The monoisotopic (exact) mass is 369 g/mol. The van der Waals surface area contributed by atoms with Gasteiger partial charge in [-0.3, -0.25) is 9.59 Å². The molecule has 10 heteroatoms. The van der Waals surface area contributed by atoms with Gasteiger partial charge >= 0.3 is 6.18 Å². The number of piperazine rings is 1. The summed E-state index contributed by atoms with van der Waals surface area (Å²) in [5.41, 5.74) is -1.37. The lowest BCUT2D eigenvalue weighted by atomic mass is 10.0. The number of aromatic nitrogens is 1. The van der Waals surface area contributed by atoms with Crippen molar-refractivity contribution >= 4 is 11.8 Å². The molecule has 1 atom stereocenters. The van der Waals surface area contributed by atoms with Gasteiger partial charge in [0.15, 0.2) is 11.5 Å². The number of aliphatic hydroxyl groups is 1. The quantitative estimate of drug-likeness (QED) is 0.850. The largest absolute Gasteiger partial charge is 0.417 e. The topological polar surface area (TPSA) is 95.7 Å². The van der Waals surface area contributed by atoms with Crippen molar-refractivity contribution < 1.29 is 32.4 Å². The zero-order valence-corrected chi connectivity index (χ0v) is 13.3. The molecule has 2 aromatic rings. The summed E-state index contributed by atoms with van der Waals surface area (Å²) in [5.74, 6) is -1.32. The highest BCUT2D eigenvalue weighted by atomic mass is 19.4. The number of benzene rings is 1. The fraction of sp³-hybridized carbons (Fsp3) is 0.312. The van der Waals surface area contributed by atoms with E-state index in [4.69, 9.17) is 9.63 Å². The van der Waals surface area contributed by atoms with Crippen LogP contribution >= 0.6 is 0 Å². The van der Waals surface area contributed by atoms with Gasteiger partial charge in [-0.2, -0.15) is 13.2 Å². The van der Waals surface area contributed by atoms with Crippen LogP contribution in [0.4, 0.5) is 13.2 Å². The number of aliphatic hydroxyl groups excluding tert-OH is 1. The lowest BCUT2D eigenvalue weighted by molar-refractivity contribution is -0.137. The molecule has 2 N–H and O–H groups in total. The Labute approximate surface area is 145 Å². The Balaban J connectivity index is 1.87. The molecule has 1 aromatic heterocycles. The summed E-state index contributed by atoms with van der Waals surface area (Å²) in [6, 6.07) is 5.27. The maximum Gasteiger partial charge on any atom is 0.417 e. The lowest BCUT2D eigenvalue weighted by Crippen LogP contribution is -2.57. The normalized spacial score (nSPS) is 17.9. The Kier molecular flexibility index (Phi) is 4.68. The van der Waals surface area contributed by atoms with Gasteiger partial charge in [0.25, 0.3) is 5.91 Å². The number of nitrogens with zero attached hydrogens (tertiary/aromatic N) is 2. The molecule has 7 nitrogen and oxygen atoms in total. The van der Waals surface area contributed by atoms with E-state index in [0.29, 0.717) is 0 Å². The van der Waals surface area contributed by atoms with Gasteiger partial charge in [0.05, 0.1) is 24.8 Å². The molecule has 1 fully saturated rings. The number of carbonyl (C=O) groups is 2. The van der Waals surface area contributed by atoms with Crippen LogP contribution in [-0.4, -0.2) is 52.7 Å². The highest BCUT2D eigenvalue weighted by Gasteiger charge is 2.35. The standard InChI is InChI=1S/C16H14F3N3O4/c17-16(18,19)11-4-2-1-3-10(11)13-5-12(21-26-13)15(25)22-6-9(8-23)20-14(24)7-22/h1-5,9,23H,6-8H2,(H,20,24)/t9-/m0/s1. The molecule has 3 rings (SSSR count). The van der Waals surface area contributed by atoms with Crippen molar-refractivity contribution in [1.82, 2.24) is 15.4 Å². The van der Waals surface area contributed by atoms with E-state index >= 15 is 0 Å². The molecule has 1 aliphatic heterocycles. The van der Waals surface area contributed by atoms with Crippen molar-refractivity contribution in [2.75, 3.05) is 19.7 Å². The van der Waals surface area contributed by atoms with E-state index in [1.54, 1.807) is 0 Å². The van der Waals surface area contributed by atoms with Crippen LogP contribution in [0.25, 0.3) is 11.3 Å². The van der Waals surface area contributed by atoms with Crippen LogP contribution in [0.1, 0.15) is 16.1 Å². The minimum atomic E-state index is -4.59. The molecule has 0 unspecified atom stereocenters. The van der Waals surface area contributed by atoms with Crippen LogP contribution in [0, 0.1) is 0 Å². The van der Waals surface area contributed by atoms with E-state index in [-0.39, 0.29) is 36.7 Å². The van der Waals surface area contributed by atoms with Gasteiger partial charge < -0.3 is 19.8 Å². The molecule has 2 amide bonds. The van der Waals surface area contributed by atoms with Gasteiger partial charge in [-0.1, -0.05) is 23.4 Å². The van der Waals surface area contributed by atoms with Crippen LogP contribution in [0.2, 0.25) is 0 Å². The van der Waals surface area contributed by atoms with Crippen molar-refractivity contribution in [1.29, 1.82) is 0 Å². The van der Waals surface area contributed by atoms with E-state index in [1.165, 1.54) is 18.2 Å². The summed E-state index contributed by atoms with van der Waals surface area (Å²) in [4.78, 5) is 25.2. The van der Waals surface area contributed by atoms with E-state index in [9.17, 15) is 22.8 Å². The van der Waals surface area contributed by atoms with E-state index in [2.05, 4.69) is 10.5 Å². The molecule has 26 heavy (non-hydrogen) atoms. The van der Waals surface area contributed by atoms with Gasteiger partial charge in [-0.25, -0.2) is 0 Å². The molecule has 0 radical (unpaired) electrons. The number of halogens is 3.